The first-order valence-electron chi connectivity index (χ1n) is 6.36. The Kier molecular flexibility index (Phi) is 3.12. The summed E-state index contributed by atoms with van der Waals surface area (Å²) in [5.41, 5.74) is 9.06. The molecule has 2 heterocycles. The minimum absolute atomic E-state index is 0.150. The van der Waals surface area contributed by atoms with E-state index in [0.717, 1.165) is 39.1 Å². The number of nitrogens with zero attached hydrogens (tertiary/aromatic N) is 2. The zero-order chi connectivity index (χ0) is 14.4. The molecular weight excluding hydrogens is 322 g/mol. The van der Waals surface area contributed by atoms with Gasteiger partial charge in [0, 0.05) is 34.6 Å². The lowest BCUT2D eigenvalue weighted by molar-refractivity contribution is 0.243. The molecule has 0 fully saturated rings. The van der Waals surface area contributed by atoms with Crippen LogP contribution in [0.1, 0.15) is 12.5 Å². The number of rotatable bonds is 2. The number of ether oxygens (including phenoxy) is 2. The largest absolute Gasteiger partial charge is 0.493 e. The number of nitrogen functional groups attached to an aromatic ring is 1. The Hall–Kier alpha value is -1.69. The zero-order valence-electron chi connectivity index (χ0n) is 11.6. The van der Waals surface area contributed by atoms with Crippen LogP contribution in [-0.2, 0) is 13.5 Å². The molecule has 0 saturated heterocycles. The molecule has 0 aliphatic carbocycles. The van der Waals surface area contributed by atoms with E-state index in [-0.39, 0.29) is 6.10 Å². The number of aromatic nitrogens is 2. The summed E-state index contributed by atoms with van der Waals surface area (Å²) < 4.78 is 13.9. The van der Waals surface area contributed by atoms with Crippen LogP contribution in [0.5, 0.6) is 11.5 Å². The average molecular weight is 338 g/mol. The first kappa shape index (κ1) is 13.3. The molecule has 2 N–H and O–H groups in total. The van der Waals surface area contributed by atoms with Gasteiger partial charge < -0.3 is 15.2 Å². The van der Waals surface area contributed by atoms with Crippen molar-refractivity contribution in [2.24, 2.45) is 7.05 Å². The lowest BCUT2D eigenvalue weighted by Gasteiger charge is -2.13. The maximum absolute atomic E-state index is 6.08. The molecule has 0 spiro atoms. The van der Waals surface area contributed by atoms with Crippen molar-refractivity contribution < 1.29 is 9.47 Å². The van der Waals surface area contributed by atoms with Gasteiger partial charge in [-0.2, -0.15) is 5.10 Å². The molecular formula is C14H16BrN3O2. The van der Waals surface area contributed by atoms with Gasteiger partial charge in [0.05, 0.1) is 13.3 Å². The number of fused-ring (bicyclic) bond motifs is 1. The van der Waals surface area contributed by atoms with Crippen LogP contribution in [0, 0.1) is 0 Å². The second-order valence-corrected chi connectivity index (χ2v) is 5.74. The van der Waals surface area contributed by atoms with Crippen molar-refractivity contribution in [3.05, 3.63) is 22.3 Å². The molecule has 6 heteroatoms. The molecule has 106 valence electrons. The highest BCUT2D eigenvalue weighted by Gasteiger charge is 2.28. The highest BCUT2D eigenvalue weighted by Crippen LogP contribution is 2.47. The van der Waals surface area contributed by atoms with Gasteiger partial charge in [-0.05, 0) is 28.9 Å². The van der Waals surface area contributed by atoms with Gasteiger partial charge in [-0.25, -0.2) is 0 Å². The Morgan fingerprint density at radius 2 is 2.25 bits per heavy atom. The summed E-state index contributed by atoms with van der Waals surface area (Å²) in [5.74, 6) is 2.17. The van der Waals surface area contributed by atoms with Crippen LogP contribution in [0.4, 0.5) is 5.82 Å². The summed E-state index contributed by atoms with van der Waals surface area (Å²) in [6.45, 7) is 2.05. The summed E-state index contributed by atoms with van der Waals surface area (Å²) in [7, 11) is 3.47. The third kappa shape index (κ3) is 1.86. The van der Waals surface area contributed by atoms with E-state index < -0.39 is 0 Å². The van der Waals surface area contributed by atoms with Gasteiger partial charge in [0.15, 0.2) is 11.5 Å². The van der Waals surface area contributed by atoms with Crippen molar-refractivity contribution in [1.29, 1.82) is 0 Å². The van der Waals surface area contributed by atoms with Crippen LogP contribution in [0.2, 0.25) is 0 Å². The maximum atomic E-state index is 6.08. The third-order valence-electron chi connectivity index (χ3n) is 3.58. The number of hydrogen-bond donors (Lipinski definition) is 1. The van der Waals surface area contributed by atoms with Gasteiger partial charge in [0.1, 0.15) is 11.9 Å². The molecule has 1 aliphatic heterocycles. The molecule has 0 radical (unpaired) electrons. The summed E-state index contributed by atoms with van der Waals surface area (Å²) >= 11 is 3.68. The van der Waals surface area contributed by atoms with Crippen molar-refractivity contribution in [1.82, 2.24) is 9.78 Å². The zero-order valence-corrected chi connectivity index (χ0v) is 13.2. The molecule has 0 bridgehead atoms. The molecule has 3 rings (SSSR count). The molecule has 2 aromatic rings. The van der Waals surface area contributed by atoms with E-state index in [1.807, 2.05) is 20.0 Å². The number of methoxy groups -OCH3 is 1. The van der Waals surface area contributed by atoms with Crippen LogP contribution in [0.3, 0.4) is 0 Å². The van der Waals surface area contributed by atoms with E-state index in [1.54, 1.807) is 18.0 Å². The predicted molar refractivity (Wildman–Crippen MR) is 81.1 cm³/mol. The Balaban J connectivity index is 2.23. The van der Waals surface area contributed by atoms with Crippen LogP contribution in [0.15, 0.2) is 16.7 Å². The fourth-order valence-electron chi connectivity index (χ4n) is 2.51. The average Bonchev–Trinajstić information content (AvgIpc) is 2.96. The number of hydrogen-bond acceptors (Lipinski definition) is 4. The third-order valence-corrected chi connectivity index (χ3v) is 4.49. The van der Waals surface area contributed by atoms with Gasteiger partial charge in [-0.1, -0.05) is 0 Å². The van der Waals surface area contributed by atoms with Crippen molar-refractivity contribution >= 4 is 21.7 Å². The molecule has 0 amide bonds. The minimum Gasteiger partial charge on any atom is -0.493 e. The van der Waals surface area contributed by atoms with Crippen LogP contribution in [-0.4, -0.2) is 23.0 Å². The SMILES string of the molecule is COc1cc(-c2cnn(C)c2N)c(Br)c2c1OC(C)C2. The summed E-state index contributed by atoms with van der Waals surface area (Å²) in [6.07, 6.45) is 2.76. The van der Waals surface area contributed by atoms with Gasteiger partial charge in [-0.3, -0.25) is 4.68 Å². The van der Waals surface area contributed by atoms with E-state index in [2.05, 4.69) is 21.0 Å². The first-order valence-corrected chi connectivity index (χ1v) is 7.16. The summed E-state index contributed by atoms with van der Waals surface area (Å²) in [4.78, 5) is 0. The number of benzene rings is 1. The number of nitrogens with two attached hydrogens (primary N) is 1. The van der Waals surface area contributed by atoms with Gasteiger partial charge in [0.25, 0.3) is 0 Å². The first-order chi connectivity index (χ1) is 9.52. The molecule has 1 aliphatic rings. The van der Waals surface area contributed by atoms with Crippen LogP contribution in [0.25, 0.3) is 11.1 Å². The second-order valence-electron chi connectivity index (χ2n) is 4.95. The molecule has 1 aromatic heterocycles. The molecule has 1 atom stereocenters. The van der Waals surface area contributed by atoms with E-state index in [4.69, 9.17) is 15.2 Å². The molecule has 20 heavy (non-hydrogen) atoms. The van der Waals surface area contributed by atoms with Crippen LogP contribution < -0.4 is 15.2 Å². The fourth-order valence-corrected chi connectivity index (χ4v) is 3.18. The second kappa shape index (κ2) is 4.70. The van der Waals surface area contributed by atoms with E-state index in [1.165, 1.54) is 0 Å². The number of aryl methyl sites for hydroxylation is 1. The Morgan fingerprint density at radius 3 is 2.85 bits per heavy atom. The molecule has 1 aromatic carbocycles. The topological polar surface area (TPSA) is 62.3 Å². The van der Waals surface area contributed by atoms with E-state index in [9.17, 15) is 0 Å². The van der Waals surface area contributed by atoms with Crippen molar-refractivity contribution in [2.45, 2.75) is 19.4 Å². The maximum Gasteiger partial charge on any atom is 0.166 e. The molecule has 5 nitrogen and oxygen atoms in total. The Morgan fingerprint density at radius 1 is 1.50 bits per heavy atom. The normalized spacial score (nSPS) is 16.9. The highest BCUT2D eigenvalue weighted by atomic mass is 79.9. The minimum atomic E-state index is 0.150. The highest BCUT2D eigenvalue weighted by molar-refractivity contribution is 9.10. The van der Waals surface area contributed by atoms with Crippen LogP contribution >= 0.6 is 15.9 Å². The lowest BCUT2D eigenvalue weighted by atomic mass is 10.0. The van der Waals surface area contributed by atoms with E-state index in [0.29, 0.717) is 5.82 Å². The number of halogens is 1. The predicted octanol–water partition coefficient (Wildman–Crippen LogP) is 2.76. The van der Waals surface area contributed by atoms with Crippen molar-refractivity contribution in [2.75, 3.05) is 12.8 Å². The monoisotopic (exact) mass is 337 g/mol. The van der Waals surface area contributed by atoms with Gasteiger partial charge in [0.2, 0.25) is 0 Å². The summed E-state index contributed by atoms with van der Waals surface area (Å²) in [5, 5.41) is 4.20. The fraction of sp³-hybridized carbons (Fsp3) is 0.357. The van der Waals surface area contributed by atoms with Gasteiger partial charge in [-0.15, -0.1) is 0 Å². The van der Waals surface area contributed by atoms with E-state index >= 15 is 0 Å². The Bertz CT molecular complexity index is 682. The molecule has 0 saturated carbocycles. The smallest absolute Gasteiger partial charge is 0.166 e. The Labute approximate surface area is 125 Å². The molecule has 1 unspecified atom stereocenters. The van der Waals surface area contributed by atoms with Gasteiger partial charge >= 0.3 is 0 Å². The summed E-state index contributed by atoms with van der Waals surface area (Å²) in [6, 6.07) is 1.94. The van der Waals surface area contributed by atoms with Crippen molar-refractivity contribution in [3.63, 3.8) is 0 Å². The number of anilines is 1. The van der Waals surface area contributed by atoms with Crippen molar-refractivity contribution in [3.8, 4) is 22.6 Å². The standard InChI is InChI=1S/C14H16BrN3O2/c1-7-4-9-12(15)8(5-11(19-3)13(9)20-7)10-6-17-18(2)14(10)16/h5-7H,4,16H2,1-3H3. The lowest BCUT2D eigenvalue weighted by Crippen LogP contribution is -2.05. The quantitative estimate of drug-likeness (QED) is 0.915.